The summed E-state index contributed by atoms with van der Waals surface area (Å²) in [4.78, 5) is 200. The highest BCUT2D eigenvalue weighted by atomic mass is 32.2. The molecule has 103 heavy (non-hydrogen) atoms. The Balaban J connectivity index is 1.39. The number of carbonyl (C=O) groups is 14. The fraction of sp³-hybridized carbons (Fsp3) is 0.529. The molecule has 10 unspecified atom stereocenters. The van der Waals surface area contributed by atoms with E-state index in [9.17, 15) is 67.1 Å². The van der Waals surface area contributed by atoms with E-state index in [-0.39, 0.29) is 95.2 Å². The lowest BCUT2D eigenvalue weighted by molar-refractivity contribution is -0.144. The predicted octanol–water partition coefficient (Wildman–Crippen LogP) is -2.48. The molecule has 0 bridgehead atoms. The van der Waals surface area contributed by atoms with Crippen molar-refractivity contribution in [1.82, 2.24) is 52.3 Å². The average Bonchev–Trinajstić information content (AvgIpc) is 1.73. The van der Waals surface area contributed by atoms with Gasteiger partial charge in [0.1, 0.15) is 54.4 Å². The molecule has 0 spiro atoms. The number of primary amides is 3. The van der Waals surface area contributed by atoms with Gasteiger partial charge in [0.25, 0.3) is 0 Å². The van der Waals surface area contributed by atoms with Crippen molar-refractivity contribution in [3.8, 4) is 0 Å². The van der Waals surface area contributed by atoms with Gasteiger partial charge in [-0.05, 0) is 119 Å². The van der Waals surface area contributed by atoms with Crippen LogP contribution in [0.3, 0.4) is 0 Å². The van der Waals surface area contributed by atoms with Crippen molar-refractivity contribution in [2.45, 2.75) is 183 Å². The number of nitrogens with two attached hydrogens (primary N) is 7. The molecular formula is C70H102N18O14S. The van der Waals surface area contributed by atoms with Crippen molar-refractivity contribution >= 4 is 100 Å². The first-order chi connectivity index (χ1) is 49.1. The van der Waals surface area contributed by atoms with Crippen LogP contribution < -0.4 is 82.7 Å². The summed E-state index contributed by atoms with van der Waals surface area (Å²) in [6.07, 6.45) is 2.65. The normalized spacial score (nSPS) is 16.4. The third kappa shape index (κ3) is 28.0. The van der Waals surface area contributed by atoms with E-state index in [1.165, 1.54) is 33.7 Å². The number of unbranched alkanes of at least 4 members (excludes halogenated alkanes) is 1. The van der Waals surface area contributed by atoms with Gasteiger partial charge in [-0.2, -0.15) is 11.8 Å². The largest absolute Gasteiger partial charge is 0.370 e. The Labute approximate surface area is 603 Å². The molecule has 2 fully saturated rings. The summed E-state index contributed by atoms with van der Waals surface area (Å²) in [5.41, 5.74) is 41.3. The summed E-state index contributed by atoms with van der Waals surface area (Å²) in [6.45, 7) is 3.73. The van der Waals surface area contributed by atoms with Gasteiger partial charge in [-0.15, -0.1) is 0 Å². The van der Waals surface area contributed by atoms with E-state index in [0.717, 1.165) is 0 Å². The quantitative estimate of drug-likeness (QED) is 0.0121. The van der Waals surface area contributed by atoms with Crippen molar-refractivity contribution in [3.63, 3.8) is 0 Å². The fourth-order valence-electron chi connectivity index (χ4n) is 12.0. The van der Waals surface area contributed by atoms with Gasteiger partial charge < -0.3 is 92.5 Å². The molecule has 0 aromatic heterocycles. The van der Waals surface area contributed by atoms with Crippen LogP contribution in [0.25, 0.3) is 0 Å². The monoisotopic (exact) mass is 1450 g/mol. The van der Waals surface area contributed by atoms with E-state index < -0.39 is 169 Å². The van der Waals surface area contributed by atoms with Crippen molar-refractivity contribution < 1.29 is 67.1 Å². The second kappa shape index (κ2) is 43.1. The molecule has 562 valence electrons. The molecular weight excluding hydrogens is 1350 g/mol. The number of hydrogen-bond acceptors (Lipinski definition) is 18. The van der Waals surface area contributed by atoms with E-state index in [1.54, 1.807) is 72.8 Å². The Bertz CT molecular complexity index is 3440. The van der Waals surface area contributed by atoms with Crippen molar-refractivity contribution in [1.29, 1.82) is 0 Å². The van der Waals surface area contributed by atoms with Gasteiger partial charge in [0.2, 0.25) is 76.8 Å². The number of guanidine groups is 1. The zero-order chi connectivity index (χ0) is 75.7. The maximum absolute atomic E-state index is 14.9. The SMILES string of the molecule is CSCCC(NC(=O)C(CC(C)C)NC(=O)CNC(=O)C(Cc1ccc(C(=O)c2ccccc2)cc1)NC(=O)C(Cc1ccccc1)NC(=O)C(CCC(N)=O)NC(=O)C(CCC(N)=O)NC(=O)C1CCCN1C(=O)C(CCCCN)NC(=O)C1CCCN1C(=O)C(N)CCCN=C(N)N)C(N)=O. The van der Waals surface area contributed by atoms with Crippen LogP contribution in [0.15, 0.2) is 89.9 Å². The highest BCUT2D eigenvalue weighted by Crippen LogP contribution is 2.24. The first-order valence-electron chi connectivity index (χ1n) is 34.7. The van der Waals surface area contributed by atoms with Gasteiger partial charge in [0.15, 0.2) is 11.7 Å². The number of aliphatic imine (C=N–C) groups is 1. The molecule has 0 saturated carbocycles. The van der Waals surface area contributed by atoms with Crippen LogP contribution in [0, 0.1) is 5.92 Å². The fourth-order valence-corrected chi connectivity index (χ4v) is 12.4. The number of benzene rings is 3. The van der Waals surface area contributed by atoms with Gasteiger partial charge in [-0.25, -0.2) is 0 Å². The van der Waals surface area contributed by atoms with Gasteiger partial charge in [0, 0.05) is 56.4 Å². The molecule has 2 aliphatic heterocycles. The molecule has 2 heterocycles. The van der Waals surface area contributed by atoms with E-state index >= 15 is 0 Å². The maximum Gasteiger partial charge on any atom is 0.245 e. The van der Waals surface area contributed by atoms with E-state index in [2.05, 4.69) is 47.5 Å². The van der Waals surface area contributed by atoms with Gasteiger partial charge in [-0.3, -0.25) is 72.1 Å². The summed E-state index contributed by atoms with van der Waals surface area (Å²) >= 11 is 1.44. The van der Waals surface area contributed by atoms with E-state index in [0.29, 0.717) is 60.1 Å². The zero-order valence-electron chi connectivity index (χ0n) is 58.7. The molecule has 2 aliphatic rings. The van der Waals surface area contributed by atoms with Gasteiger partial charge in [0.05, 0.1) is 12.6 Å². The number of amides is 13. The standard InChI is InChI=1S/C70H102N18O14S/c1-41(2)37-51(64(97)81-47(60(75)93)31-36-103-3)80-58(91)40-79-61(94)52(39-43-23-25-45(26-24-43)59(92)44-17-8-5-9-18-44)85-65(98)53(38-42-15-6-4-7-16-42)86-63(96)48(27-29-56(73)89)82-62(95)49(28-30-57(74)90)83-66(99)55-22-14-35-88(55)69(102)50(20-10-11-32-71)84-67(100)54-21-13-34-87(54)68(101)46(72)19-12-33-78-70(76)77/h4-9,15-18,23-26,41,46-55H,10-14,19-22,27-40,71-72H2,1-3H3,(H2,73,89)(H2,74,90)(H2,75,93)(H,79,94)(H,80,91)(H,81,97)(H,82,95)(H,83,99)(H,84,100)(H,85,98)(H,86,96)(H4,76,77,78). The molecule has 0 aliphatic carbocycles. The van der Waals surface area contributed by atoms with Crippen LogP contribution in [-0.4, -0.2) is 203 Å². The van der Waals surface area contributed by atoms with Crippen molar-refractivity contribution in [3.05, 3.63) is 107 Å². The summed E-state index contributed by atoms with van der Waals surface area (Å²) in [7, 11) is 0. The van der Waals surface area contributed by atoms with E-state index in [4.69, 9.17) is 40.1 Å². The van der Waals surface area contributed by atoms with Crippen LogP contribution >= 0.6 is 11.8 Å². The minimum Gasteiger partial charge on any atom is -0.370 e. The summed E-state index contributed by atoms with van der Waals surface area (Å²) in [5.74, 6) is -10.5. The topological polar surface area (TPSA) is 536 Å². The Morgan fingerprint density at radius 1 is 0.515 bits per heavy atom. The lowest BCUT2D eigenvalue weighted by Crippen LogP contribution is -2.60. The molecule has 3 aromatic carbocycles. The average molecular weight is 1450 g/mol. The summed E-state index contributed by atoms with van der Waals surface area (Å²) in [5, 5.41) is 21.1. The number of nitrogens with one attached hydrogen (secondary N) is 8. The highest BCUT2D eigenvalue weighted by Gasteiger charge is 2.42. The Morgan fingerprint density at radius 2 is 1.00 bits per heavy atom. The van der Waals surface area contributed by atoms with E-state index in [1.807, 2.05) is 20.1 Å². The maximum atomic E-state index is 14.9. The number of ketones is 1. The lowest BCUT2D eigenvalue weighted by Gasteiger charge is -2.32. The highest BCUT2D eigenvalue weighted by molar-refractivity contribution is 7.98. The number of likely N-dealkylation sites (tertiary alicyclic amines) is 2. The first kappa shape index (κ1) is 83.6. The molecule has 13 amide bonds. The van der Waals surface area contributed by atoms with Crippen LogP contribution in [0.1, 0.15) is 137 Å². The van der Waals surface area contributed by atoms with Crippen LogP contribution in [-0.2, 0) is 75.2 Å². The van der Waals surface area contributed by atoms with Gasteiger partial charge in [-0.1, -0.05) is 98.8 Å². The number of carbonyl (C=O) groups excluding carboxylic acids is 14. The lowest BCUT2D eigenvalue weighted by atomic mass is 9.98. The Kier molecular flexibility index (Phi) is 35.0. The number of rotatable bonds is 44. The molecule has 5 rings (SSSR count). The second-order valence-corrected chi connectivity index (χ2v) is 27.0. The molecule has 0 radical (unpaired) electrons. The zero-order valence-corrected chi connectivity index (χ0v) is 59.5. The van der Waals surface area contributed by atoms with Crippen LogP contribution in [0.4, 0.5) is 0 Å². The minimum atomic E-state index is -1.69. The third-order valence-electron chi connectivity index (χ3n) is 17.4. The molecule has 33 heteroatoms. The molecule has 32 nitrogen and oxygen atoms in total. The summed E-state index contributed by atoms with van der Waals surface area (Å²) < 4.78 is 0. The van der Waals surface area contributed by atoms with Gasteiger partial charge >= 0.3 is 0 Å². The second-order valence-electron chi connectivity index (χ2n) is 26.0. The first-order valence-corrected chi connectivity index (χ1v) is 36.1. The minimum absolute atomic E-state index is 0.0579. The Hall–Kier alpha value is -10.0. The van der Waals surface area contributed by atoms with Crippen LogP contribution in [0.2, 0.25) is 0 Å². The molecule has 2 saturated heterocycles. The molecule has 22 N–H and O–H groups in total. The smallest absolute Gasteiger partial charge is 0.245 e. The Morgan fingerprint density at radius 3 is 1.53 bits per heavy atom. The third-order valence-corrected chi connectivity index (χ3v) is 18.1. The number of nitrogens with zero attached hydrogens (tertiary/aromatic N) is 3. The molecule has 3 aromatic rings. The molecule has 10 atom stereocenters. The van der Waals surface area contributed by atoms with Crippen molar-refractivity contribution in [2.24, 2.45) is 51.0 Å². The van der Waals surface area contributed by atoms with Crippen molar-refractivity contribution in [2.75, 3.05) is 44.7 Å². The number of hydrogen-bond donors (Lipinski definition) is 15. The number of thioether (sulfide) groups is 1. The predicted molar refractivity (Wildman–Crippen MR) is 385 cm³/mol. The van der Waals surface area contributed by atoms with Crippen LogP contribution in [0.5, 0.6) is 0 Å². The summed E-state index contributed by atoms with van der Waals surface area (Å²) in [6, 6.07) is 10.2.